The summed E-state index contributed by atoms with van der Waals surface area (Å²) in [6, 6.07) is 13.1. The summed E-state index contributed by atoms with van der Waals surface area (Å²) in [5.41, 5.74) is 0. The number of rotatable bonds is 2. The van der Waals surface area contributed by atoms with E-state index in [2.05, 4.69) is 4.98 Å². The molecule has 0 aliphatic carbocycles. The summed E-state index contributed by atoms with van der Waals surface area (Å²) in [6.45, 7) is 0. The fraction of sp³-hybridized carbons (Fsp3) is 0. The van der Waals surface area contributed by atoms with Crippen LogP contribution in [0.1, 0.15) is 0 Å². The second-order valence-corrected chi connectivity index (χ2v) is 4.09. The molecule has 0 amide bonds. The summed E-state index contributed by atoms with van der Waals surface area (Å²) in [4.78, 5) is 3.82. The Balaban J connectivity index is 2.00. The van der Waals surface area contributed by atoms with Gasteiger partial charge in [0.25, 0.3) is 5.88 Å². The number of halogens is 1. The lowest BCUT2D eigenvalue weighted by Crippen LogP contribution is -1.91. The molecule has 1 aromatic heterocycles. The molecule has 1 heterocycles. The van der Waals surface area contributed by atoms with Crippen LogP contribution in [0.15, 0.2) is 54.7 Å². The van der Waals surface area contributed by atoms with Crippen LogP contribution in [-0.2, 0) is 0 Å². The lowest BCUT2D eigenvalue weighted by molar-refractivity contribution is 0.423. The zero-order valence-corrected chi connectivity index (χ0v) is 9.88. The minimum atomic E-state index is -0.515. The molecule has 1 N–H and O–H groups in total. The number of ether oxygens (including phenoxy) is 1. The van der Waals surface area contributed by atoms with E-state index >= 15 is 0 Å². The number of fused-ring (bicyclic) bond motifs is 1. The molecule has 2 aromatic carbocycles. The van der Waals surface area contributed by atoms with Gasteiger partial charge in [-0.05, 0) is 47.2 Å². The molecule has 0 atom stereocenters. The number of aromatic nitrogens is 1. The van der Waals surface area contributed by atoms with E-state index in [1.807, 2.05) is 6.07 Å². The first-order valence-corrected chi connectivity index (χ1v) is 5.73. The minimum absolute atomic E-state index is 0.0676. The van der Waals surface area contributed by atoms with E-state index < -0.39 is 5.82 Å². The average molecular weight is 255 g/mol. The standard InChI is InChI=1S/C15H10FNO2/c16-14-2-1-7-17-15(14)19-13-6-4-10-3-5-12(18)8-11(10)9-13/h1-9,18H. The Morgan fingerprint density at radius 3 is 2.68 bits per heavy atom. The van der Waals surface area contributed by atoms with Crippen LogP contribution >= 0.6 is 0 Å². The molecule has 3 aromatic rings. The van der Waals surface area contributed by atoms with E-state index in [4.69, 9.17) is 4.74 Å². The zero-order chi connectivity index (χ0) is 13.2. The van der Waals surface area contributed by atoms with Crippen molar-refractivity contribution in [1.29, 1.82) is 0 Å². The van der Waals surface area contributed by atoms with Crippen molar-refractivity contribution in [2.45, 2.75) is 0 Å². The van der Waals surface area contributed by atoms with E-state index in [9.17, 15) is 9.50 Å². The molecule has 0 saturated heterocycles. The van der Waals surface area contributed by atoms with Crippen molar-refractivity contribution in [2.24, 2.45) is 0 Å². The second kappa shape index (κ2) is 4.57. The first-order valence-electron chi connectivity index (χ1n) is 5.73. The molecule has 0 fully saturated rings. The largest absolute Gasteiger partial charge is 0.508 e. The zero-order valence-electron chi connectivity index (χ0n) is 9.88. The summed E-state index contributed by atoms with van der Waals surface area (Å²) < 4.78 is 18.8. The molecule has 0 bridgehead atoms. The molecule has 0 saturated carbocycles. The van der Waals surface area contributed by atoms with Crippen LogP contribution in [0.5, 0.6) is 17.4 Å². The highest BCUT2D eigenvalue weighted by atomic mass is 19.1. The Hall–Kier alpha value is -2.62. The van der Waals surface area contributed by atoms with Gasteiger partial charge in [0.15, 0.2) is 5.82 Å². The molecule has 3 nitrogen and oxygen atoms in total. The van der Waals surface area contributed by atoms with Gasteiger partial charge in [-0.2, -0.15) is 0 Å². The normalized spacial score (nSPS) is 10.6. The van der Waals surface area contributed by atoms with Gasteiger partial charge < -0.3 is 9.84 Å². The number of benzene rings is 2. The Kier molecular flexibility index (Phi) is 2.76. The van der Waals surface area contributed by atoms with Crippen molar-refractivity contribution in [3.05, 3.63) is 60.5 Å². The number of phenolic OH excluding ortho intramolecular Hbond substituents is 1. The maximum absolute atomic E-state index is 13.4. The predicted octanol–water partition coefficient (Wildman–Crippen LogP) is 3.87. The number of aromatic hydroxyl groups is 1. The highest BCUT2D eigenvalue weighted by Gasteiger charge is 2.06. The fourth-order valence-corrected chi connectivity index (χ4v) is 1.83. The van der Waals surface area contributed by atoms with Gasteiger partial charge >= 0.3 is 0 Å². The van der Waals surface area contributed by atoms with Crippen molar-refractivity contribution < 1.29 is 14.2 Å². The van der Waals surface area contributed by atoms with E-state index in [1.54, 1.807) is 30.3 Å². The Morgan fingerprint density at radius 1 is 1.00 bits per heavy atom. The van der Waals surface area contributed by atoms with Crippen LogP contribution in [0.4, 0.5) is 4.39 Å². The molecule has 0 spiro atoms. The second-order valence-electron chi connectivity index (χ2n) is 4.09. The minimum Gasteiger partial charge on any atom is -0.508 e. The van der Waals surface area contributed by atoms with Gasteiger partial charge in [-0.15, -0.1) is 0 Å². The van der Waals surface area contributed by atoms with Crippen molar-refractivity contribution in [1.82, 2.24) is 4.98 Å². The van der Waals surface area contributed by atoms with Crippen molar-refractivity contribution >= 4 is 10.8 Å². The molecule has 94 valence electrons. The Labute approximate surface area is 108 Å². The summed E-state index contributed by atoms with van der Waals surface area (Å²) in [5, 5.41) is 11.2. The number of phenols is 1. The Bertz CT molecular complexity index is 743. The molecular weight excluding hydrogens is 245 g/mol. The van der Waals surface area contributed by atoms with Crippen molar-refractivity contribution in [3.8, 4) is 17.4 Å². The average Bonchev–Trinajstić information content (AvgIpc) is 2.41. The third-order valence-electron chi connectivity index (χ3n) is 2.73. The van der Waals surface area contributed by atoms with Gasteiger partial charge in [-0.1, -0.05) is 12.1 Å². The molecular formula is C15H10FNO2. The predicted molar refractivity (Wildman–Crippen MR) is 69.9 cm³/mol. The van der Waals surface area contributed by atoms with Crippen LogP contribution in [-0.4, -0.2) is 10.1 Å². The highest BCUT2D eigenvalue weighted by Crippen LogP contribution is 2.27. The fourth-order valence-electron chi connectivity index (χ4n) is 1.83. The van der Waals surface area contributed by atoms with E-state index in [1.165, 1.54) is 18.3 Å². The van der Waals surface area contributed by atoms with Gasteiger partial charge in [0.1, 0.15) is 11.5 Å². The van der Waals surface area contributed by atoms with Gasteiger partial charge in [0, 0.05) is 6.20 Å². The maximum atomic E-state index is 13.4. The molecule has 0 aliphatic rings. The number of hydrogen-bond acceptors (Lipinski definition) is 3. The van der Waals surface area contributed by atoms with Gasteiger partial charge in [0.2, 0.25) is 0 Å². The van der Waals surface area contributed by atoms with Crippen LogP contribution in [0.2, 0.25) is 0 Å². The summed E-state index contributed by atoms with van der Waals surface area (Å²) in [6.07, 6.45) is 1.46. The summed E-state index contributed by atoms with van der Waals surface area (Å²) in [7, 11) is 0. The first-order chi connectivity index (χ1) is 9.22. The van der Waals surface area contributed by atoms with Gasteiger partial charge in [0.05, 0.1) is 0 Å². The smallest absolute Gasteiger partial charge is 0.255 e. The van der Waals surface area contributed by atoms with Crippen molar-refractivity contribution in [3.63, 3.8) is 0 Å². The molecule has 0 aliphatic heterocycles. The topological polar surface area (TPSA) is 42.4 Å². The lowest BCUT2D eigenvalue weighted by Gasteiger charge is -2.06. The third-order valence-corrected chi connectivity index (χ3v) is 2.73. The van der Waals surface area contributed by atoms with Crippen LogP contribution < -0.4 is 4.74 Å². The number of pyridine rings is 1. The number of nitrogens with zero attached hydrogens (tertiary/aromatic N) is 1. The Morgan fingerprint density at radius 2 is 1.84 bits per heavy atom. The van der Waals surface area contributed by atoms with Crippen LogP contribution in [0, 0.1) is 5.82 Å². The third kappa shape index (κ3) is 2.33. The maximum Gasteiger partial charge on any atom is 0.255 e. The quantitative estimate of drug-likeness (QED) is 0.755. The van der Waals surface area contributed by atoms with Crippen LogP contribution in [0.25, 0.3) is 10.8 Å². The molecule has 4 heteroatoms. The molecule has 3 rings (SSSR count). The summed E-state index contributed by atoms with van der Waals surface area (Å²) >= 11 is 0. The molecule has 0 unspecified atom stereocenters. The van der Waals surface area contributed by atoms with Gasteiger partial charge in [-0.3, -0.25) is 0 Å². The van der Waals surface area contributed by atoms with Crippen LogP contribution in [0.3, 0.4) is 0 Å². The summed E-state index contributed by atoms with van der Waals surface area (Å²) in [5.74, 6) is 0.0601. The number of hydrogen-bond donors (Lipinski definition) is 1. The lowest BCUT2D eigenvalue weighted by atomic mass is 10.1. The van der Waals surface area contributed by atoms with E-state index in [0.717, 1.165) is 10.8 Å². The van der Waals surface area contributed by atoms with Crippen molar-refractivity contribution in [2.75, 3.05) is 0 Å². The SMILES string of the molecule is Oc1ccc2ccc(Oc3ncccc3F)cc2c1. The first kappa shape index (κ1) is 11.5. The van der Waals surface area contributed by atoms with Gasteiger partial charge in [-0.25, -0.2) is 9.37 Å². The highest BCUT2D eigenvalue weighted by molar-refractivity contribution is 5.85. The molecule has 0 radical (unpaired) electrons. The van der Waals surface area contributed by atoms with E-state index in [-0.39, 0.29) is 11.6 Å². The monoisotopic (exact) mass is 255 g/mol. The van der Waals surface area contributed by atoms with E-state index in [0.29, 0.717) is 5.75 Å². The molecule has 19 heavy (non-hydrogen) atoms.